The van der Waals surface area contributed by atoms with Crippen LogP contribution in [0.3, 0.4) is 0 Å². The first kappa shape index (κ1) is 9.97. The largest absolute Gasteiger partial charge is 0.357 e. The topological polar surface area (TPSA) is 16.1 Å². The summed E-state index contributed by atoms with van der Waals surface area (Å²) in [5, 5.41) is 0. The molecule has 14 heavy (non-hydrogen) atoms. The summed E-state index contributed by atoms with van der Waals surface area (Å²) in [4.78, 5) is 6.82. The minimum absolute atomic E-state index is 1.10. The van der Waals surface area contributed by atoms with Crippen LogP contribution in [-0.4, -0.2) is 18.1 Å². The van der Waals surface area contributed by atoms with Crippen molar-refractivity contribution in [2.75, 3.05) is 18.0 Å². The lowest BCUT2D eigenvalue weighted by molar-refractivity contribution is 0.573. The van der Waals surface area contributed by atoms with E-state index in [1.54, 1.807) is 0 Å². The van der Waals surface area contributed by atoms with E-state index in [0.29, 0.717) is 0 Å². The highest BCUT2D eigenvalue weighted by atomic mass is 79.9. The number of hydrogen-bond acceptors (Lipinski definition) is 2. The molecule has 0 spiro atoms. The molecule has 1 aliphatic heterocycles. The van der Waals surface area contributed by atoms with Gasteiger partial charge in [-0.15, -0.1) is 0 Å². The maximum atomic E-state index is 4.44. The van der Waals surface area contributed by atoms with Crippen molar-refractivity contribution in [3.05, 3.63) is 22.3 Å². The lowest BCUT2D eigenvalue weighted by Crippen LogP contribution is -2.30. The summed E-state index contributed by atoms with van der Waals surface area (Å²) < 4.78 is 1.10. The van der Waals surface area contributed by atoms with Gasteiger partial charge in [-0.1, -0.05) is 0 Å². The van der Waals surface area contributed by atoms with Gasteiger partial charge < -0.3 is 4.90 Å². The quantitative estimate of drug-likeness (QED) is 0.766. The van der Waals surface area contributed by atoms with E-state index >= 15 is 0 Å². The van der Waals surface area contributed by atoms with E-state index in [9.17, 15) is 0 Å². The Morgan fingerprint density at radius 2 is 2.00 bits per heavy atom. The number of hydrogen-bond donors (Lipinski definition) is 0. The van der Waals surface area contributed by atoms with Gasteiger partial charge in [0.05, 0.1) is 0 Å². The van der Waals surface area contributed by atoms with Crippen molar-refractivity contribution in [2.24, 2.45) is 0 Å². The second kappa shape index (κ2) is 4.30. The van der Waals surface area contributed by atoms with E-state index < -0.39 is 0 Å². The zero-order valence-corrected chi connectivity index (χ0v) is 10.0. The van der Waals surface area contributed by atoms with E-state index in [2.05, 4.69) is 38.8 Å². The molecule has 0 amide bonds. The van der Waals surface area contributed by atoms with Gasteiger partial charge in [-0.2, -0.15) is 0 Å². The minimum Gasteiger partial charge on any atom is -0.357 e. The normalized spacial score (nSPS) is 17.1. The Kier molecular flexibility index (Phi) is 3.06. The third kappa shape index (κ3) is 2.08. The second-order valence-electron chi connectivity index (χ2n) is 3.84. The van der Waals surface area contributed by atoms with E-state index in [1.165, 1.54) is 24.8 Å². The van der Waals surface area contributed by atoms with Crippen molar-refractivity contribution < 1.29 is 0 Å². The first-order valence-corrected chi connectivity index (χ1v) is 5.94. The van der Waals surface area contributed by atoms with Crippen LogP contribution < -0.4 is 4.90 Å². The Labute approximate surface area is 93.5 Å². The fraction of sp³-hybridized carbons (Fsp3) is 0.545. The molecular formula is C11H15BrN2. The van der Waals surface area contributed by atoms with Gasteiger partial charge in [0, 0.05) is 23.8 Å². The third-order valence-electron chi connectivity index (χ3n) is 2.71. The van der Waals surface area contributed by atoms with Gasteiger partial charge in [-0.3, -0.25) is 0 Å². The molecule has 0 N–H and O–H groups in total. The van der Waals surface area contributed by atoms with Crippen molar-refractivity contribution >= 4 is 21.7 Å². The highest BCUT2D eigenvalue weighted by molar-refractivity contribution is 9.10. The number of aromatic nitrogens is 1. The van der Waals surface area contributed by atoms with Crippen LogP contribution in [0, 0.1) is 6.92 Å². The Morgan fingerprint density at radius 3 is 2.64 bits per heavy atom. The van der Waals surface area contributed by atoms with Crippen LogP contribution in [-0.2, 0) is 0 Å². The van der Waals surface area contributed by atoms with Crippen LogP contribution in [0.4, 0.5) is 5.82 Å². The molecule has 76 valence electrons. The summed E-state index contributed by atoms with van der Waals surface area (Å²) in [5.74, 6) is 1.13. The van der Waals surface area contributed by atoms with Gasteiger partial charge in [0.1, 0.15) is 5.82 Å². The van der Waals surface area contributed by atoms with Crippen molar-refractivity contribution in [2.45, 2.75) is 26.2 Å². The van der Waals surface area contributed by atoms with Crippen LogP contribution in [0.5, 0.6) is 0 Å². The van der Waals surface area contributed by atoms with Gasteiger partial charge >= 0.3 is 0 Å². The molecule has 1 aliphatic rings. The summed E-state index contributed by atoms with van der Waals surface area (Å²) in [6, 6.07) is 2.16. The Hall–Kier alpha value is -0.570. The van der Waals surface area contributed by atoms with Gasteiger partial charge in [0.25, 0.3) is 0 Å². The maximum Gasteiger partial charge on any atom is 0.128 e. The van der Waals surface area contributed by atoms with Crippen molar-refractivity contribution in [3.8, 4) is 0 Å². The van der Waals surface area contributed by atoms with E-state index in [4.69, 9.17) is 0 Å². The molecule has 0 atom stereocenters. The van der Waals surface area contributed by atoms with Gasteiger partial charge in [-0.25, -0.2) is 4.98 Å². The Balaban J connectivity index is 2.18. The Bertz CT molecular complexity index is 319. The van der Waals surface area contributed by atoms with Gasteiger partial charge in [0.15, 0.2) is 0 Å². The molecule has 0 aromatic carbocycles. The van der Waals surface area contributed by atoms with Crippen LogP contribution in [0.1, 0.15) is 24.8 Å². The Morgan fingerprint density at radius 1 is 1.29 bits per heavy atom. The number of anilines is 1. The monoisotopic (exact) mass is 254 g/mol. The standard InChI is InChI=1S/C11H15BrN2/c1-9-7-11(13-8-10(9)12)14-5-3-2-4-6-14/h7-8H,2-6H2,1H3. The number of aryl methyl sites for hydroxylation is 1. The molecule has 2 heterocycles. The van der Waals surface area contributed by atoms with Crippen molar-refractivity contribution in [1.82, 2.24) is 4.98 Å². The third-order valence-corrected chi connectivity index (χ3v) is 3.54. The SMILES string of the molecule is Cc1cc(N2CCCCC2)ncc1Br. The summed E-state index contributed by atoms with van der Waals surface area (Å²) in [6.07, 6.45) is 5.87. The highest BCUT2D eigenvalue weighted by Crippen LogP contribution is 2.22. The fourth-order valence-corrected chi connectivity index (χ4v) is 2.04. The van der Waals surface area contributed by atoms with Crippen LogP contribution in [0.25, 0.3) is 0 Å². The lowest BCUT2D eigenvalue weighted by Gasteiger charge is -2.27. The molecule has 0 saturated carbocycles. The second-order valence-corrected chi connectivity index (χ2v) is 4.69. The summed E-state index contributed by atoms with van der Waals surface area (Å²) in [7, 11) is 0. The smallest absolute Gasteiger partial charge is 0.128 e. The molecule has 3 heteroatoms. The summed E-state index contributed by atoms with van der Waals surface area (Å²) >= 11 is 3.47. The van der Waals surface area contributed by atoms with E-state index in [-0.39, 0.29) is 0 Å². The molecular weight excluding hydrogens is 240 g/mol. The van der Waals surface area contributed by atoms with Crippen LogP contribution in [0.2, 0.25) is 0 Å². The van der Waals surface area contributed by atoms with Crippen LogP contribution in [0.15, 0.2) is 16.7 Å². The molecule has 1 aromatic rings. The number of halogens is 1. The molecule has 1 aromatic heterocycles. The summed E-state index contributed by atoms with van der Waals surface area (Å²) in [6.45, 7) is 4.43. The average Bonchev–Trinajstić information content (AvgIpc) is 2.23. The fourth-order valence-electron chi connectivity index (χ4n) is 1.82. The number of rotatable bonds is 1. The molecule has 0 aliphatic carbocycles. The summed E-state index contributed by atoms with van der Waals surface area (Å²) in [5.41, 5.74) is 1.26. The zero-order chi connectivity index (χ0) is 9.97. The van der Waals surface area contributed by atoms with E-state index in [1.807, 2.05) is 6.20 Å². The predicted molar refractivity (Wildman–Crippen MR) is 62.7 cm³/mol. The molecule has 0 unspecified atom stereocenters. The maximum absolute atomic E-state index is 4.44. The number of nitrogens with zero attached hydrogens (tertiary/aromatic N) is 2. The lowest BCUT2D eigenvalue weighted by atomic mass is 10.1. The molecule has 2 nitrogen and oxygen atoms in total. The first-order valence-electron chi connectivity index (χ1n) is 5.14. The van der Waals surface area contributed by atoms with Crippen molar-refractivity contribution in [3.63, 3.8) is 0 Å². The highest BCUT2D eigenvalue weighted by Gasteiger charge is 2.12. The van der Waals surface area contributed by atoms with Crippen LogP contribution >= 0.6 is 15.9 Å². The van der Waals surface area contributed by atoms with Gasteiger partial charge in [0.2, 0.25) is 0 Å². The molecule has 2 rings (SSSR count). The zero-order valence-electron chi connectivity index (χ0n) is 8.46. The predicted octanol–water partition coefficient (Wildman–Crippen LogP) is 3.14. The van der Waals surface area contributed by atoms with Crippen molar-refractivity contribution in [1.29, 1.82) is 0 Å². The minimum atomic E-state index is 1.10. The first-order chi connectivity index (χ1) is 6.77. The van der Waals surface area contributed by atoms with Gasteiger partial charge in [-0.05, 0) is 53.7 Å². The number of pyridine rings is 1. The molecule has 1 saturated heterocycles. The molecule has 0 bridgehead atoms. The number of piperidine rings is 1. The molecule has 0 radical (unpaired) electrons. The molecule has 1 fully saturated rings. The average molecular weight is 255 g/mol. The van der Waals surface area contributed by atoms with E-state index in [0.717, 1.165) is 23.4 Å².